The molecule has 0 aromatic heterocycles. The van der Waals surface area contributed by atoms with Crippen molar-refractivity contribution in [2.24, 2.45) is 0 Å². The first-order valence-electron chi connectivity index (χ1n) is 6.74. The second kappa shape index (κ2) is 8.20. The lowest BCUT2D eigenvalue weighted by Crippen LogP contribution is -2.36. The predicted octanol–water partition coefficient (Wildman–Crippen LogP) is 3.94. The van der Waals surface area contributed by atoms with Gasteiger partial charge in [-0.15, -0.1) is 0 Å². The molecule has 0 aliphatic heterocycles. The van der Waals surface area contributed by atoms with Gasteiger partial charge in [0.05, 0.1) is 0 Å². The van der Waals surface area contributed by atoms with Gasteiger partial charge in [0.1, 0.15) is 0 Å². The standard InChI is InChI=1S/C16H13Cl3N2O2/c17-11-3-1-2-10(6-11)4-5-20-15(22)16(23)21-14-8-12(18)7-13(19)9-14/h1-3,6-9H,4-5H2,(H,20,22)(H,21,23). The highest BCUT2D eigenvalue weighted by molar-refractivity contribution is 6.40. The SMILES string of the molecule is O=C(NCCc1cccc(Cl)c1)C(=O)Nc1cc(Cl)cc(Cl)c1. The van der Waals surface area contributed by atoms with E-state index in [0.717, 1.165) is 5.56 Å². The van der Waals surface area contributed by atoms with E-state index in [1.807, 2.05) is 18.2 Å². The molecule has 0 radical (unpaired) electrons. The van der Waals surface area contributed by atoms with Crippen LogP contribution in [0.1, 0.15) is 5.56 Å². The van der Waals surface area contributed by atoms with Crippen LogP contribution in [0, 0.1) is 0 Å². The van der Waals surface area contributed by atoms with E-state index in [2.05, 4.69) is 10.6 Å². The number of rotatable bonds is 4. The minimum Gasteiger partial charge on any atom is -0.347 e. The highest BCUT2D eigenvalue weighted by Crippen LogP contribution is 2.22. The average molecular weight is 372 g/mol. The topological polar surface area (TPSA) is 58.2 Å². The van der Waals surface area contributed by atoms with Crippen molar-refractivity contribution in [3.8, 4) is 0 Å². The quantitative estimate of drug-likeness (QED) is 0.800. The molecule has 0 aliphatic carbocycles. The Hall–Kier alpha value is -1.75. The molecular weight excluding hydrogens is 359 g/mol. The van der Waals surface area contributed by atoms with Gasteiger partial charge in [0.2, 0.25) is 0 Å². The predicted molar refractivity (Wildman–Crippen MR) is 93.3 cm³/mol. The van der Waals surface area contributed by atoms with E-state index in [9.17, 15) is 9.59 Å². The molecule has 0 unspecified atom stereocenters. The summed E-state index contributed by atoms with van der Waals surface area (Å²) in [6.45, 7) is 0.322. The lowest BCUT2D eigenvalue weighted by molar-refractivity contribution is -0.136. The number of carbonyl (C=O) groups is 2. The molecule has 0 saturated carbocycles. The second-order valence-corrected chi connectivity index (χ2v) is 6.06. The van der Waals surface area contributed by atoms with E-state index >= 15 is 0 Å². The molecule has 2 rings (SSSR count). The molecular formula is C16H13Cl3N2O2. The van der Waals surface area contributed by atoms with Gasteiger partial charge in [0.25, 0.3) is 0 Å². The zero-order valence-electron chi connectivity index (χ0n) is 11.9. The third-order valence-electron chi connectivity index (χ3n) is 2.91. The van der Waals surface area contributed by atoms with Gasteiger partial charge in [-0.25, -0.2) is 0 Å². The Balaban J connectivity index is 1.84. The molecule has 2 aromatic rings. The maximum atomic E-state index is 11.8. The fourth-order valence-electron chi connectivity index (χ4n) is 1.91. The Morgan fingerprint density at radius 1 is 0.870 bits per heavy atom. The zero-order valence-corrected chi connectivity index (χ0v) is 14.2. The van der Waals surface area contributed by atoms with E-state index in [-0.39, 0.29) is 0 Å². The fraction of sp³-hybridized carbons (Fsp3) is 0.125. The van der Waals surface area contributed by atoms with Crippen molar-refractivity contribution >= 4 is 52.3 Å². The maximum Gasteiger partial charge on any atom is 0.313 e. The third kappa shape index (κ3) is 5.75. The van der Waals surface area contributed by atoms with E-state index in [1.165, 1.54) is 18.2 Å². The van der Waals surface area contributed by atoms with Gasteiger partial charge in [-0.2, -0.15) is 0 Å². The summed E-state index contributed by atoms with van der Waals surface area (Å²) < 4.78 is 0. The van der Waals surface area contributed by atoms with Crippen LogP contribution in [0.15, 0.2) is 42.5 Å². The summed E-state index contributed by atoms with van der Waals surface area (Å²) in [5, 5.41) is 6.35. The summed E-state index contributed by atoms with van der Waals surface area (Å²) in [6, 6.07) is 11.8. The first-order valence-corrected chi connectivity index (χ1v) is 7.87. The van der Waals surface area contributed by atoms with Crippen LogP contribution in [0.4, 0.5) is 5.69 Å². The Kier molecular flexibility index (Phi) is 6.28. The molecule has 0 heterocycles. The highest BCUT2D eigenvalue weighted by Gasteiger charge is 2.13. The van der Waals surface area contributed by atoms with Crippen molar-refractivity contribution in [1.29, 1.82) is 0 Å². The van der Waals surface area contributed by atoms with Crippen LogP contribution in [0.25, 0.3) is 0 Å². The molecule has 2 N–H and O–H groups in total. The Morgan fingerprint density at radius 2 is 1.57 bits per heavy atom. The lowest BCUT2D eigenvalue weighted by Gasteiger charge is -2.07. The Bertz CT molecular complexity index is 715. The van der Waals surface area contributed by atoms with Crippen molar-refractivity contribution in [3.05, 3.63) is 63.1 Å². The van der Waals surface area contributed by atoms with Crippen molar-refractivity contribution < 1.29 is 9.59 Å². The molecule has 4 nitrogen and oxygen atoms in total. The van der Waals surface area contributed by atoms with Gasteiger partial charge in [-0.05, 0) is 42.3 Å². The summed E-state index contributed by atoms with van der Waals surface area (Å²) in [4.78, 5) is 23.6. The summed E-state index contributed by atoms with van der Waals surface area (Å²) in [7, 11) is 0. The lowest BCUT2D eigenvalue weighted by atomic mass is 10.1. The summed E-state index contributed by atoms with van der Waals surface area (Å²) in [5.41, 5.74) is 1.33. The minimum atomic E-state index is -0.783. The molecule has 7 heteroatoms. The normalized spacial score (nSPS) is 10.2. The third-order valence-corrected chi connectivity index (χ3v) is 3.59. The highest BCUT2D eigenvalue weighted by atomic mass is 35.5. The zero-order chi connectivity index (χ0) is 16.8. The largest absolute Gasteiger partial charge is 0.347 e. The number of carbonyl (C=O) groups excluding carboxylic acids is 2. The van der Waals surface area contributed by atoms with Gasteiger partial charge < -0.3 is 10.6 Å². The minimum absolute atomic E-state index is 0.322. The van der Waals surface area contributed by atoms with E-state index in [1.54, 1.807) is 6.07 Å². The first-order chi connectivity index (χ1) is 10.9. The molecule has 0 bridgehead atoms. The number of nitrogens with one attached hydrogen (secondary N) is 2. The Labute approximate surface area is 148 Å². The summed E-state index contributed by atoms with van der Waals surface area (Å²) in [6.07, 6.45) is 0.572. The molecule has 0 fully saturated rings. The van der Waals surface area contributed by atoms with Gasteiger partial charge in [0, 0.05) is 27.3 Å². The summed E-state index contributed by atoms with van der Waals surface area (Å²) in [5.74, 6) is -1.52. The van der Waals surface area contributed by atoms with Gasteiger partial charge in [-0.1, -0.05) is 46.9 Å². The van der Waals surface area contributed by atoms with Crippen LogP contribution in [0.5, 0.6) is 0 Å². The van der Waals surface area contributed by atoms with Crippen molar-refractivity contribution in [3.63, 3.8) is 0 Å². The first kappa shape index (κ1) is 17.6. The van der Waals surface area contributed by atoms with E-state index in [4.69, 9.17) is 34.8 Å². The molecule has 0 aliphatic rings. The maximum absolute atomic E-state index is 11.8. The van der Waals surface area contributed by atoms with Gasteiger partial charge >= 0.3 is 11.8 Å². The molecule has 120 valence electrons. The molecule has 0 spiro atoms. The Morgan fingerprint density at radius 3 is 2.22 bits per heavy atom. The monoisotopic (exact) mass is 370 g/mol. The van der Waals surface area contributed by atoms with Gasteiger partial charge in [-0.3, -0.25) is 9.59 Å². The van der Waals surface area contributed by atoms with Crippen LogP contribution >= 0.6 is 34.8 Å². The van der Waals surface area contributed by atoms with Crippen LogP contribution in [-0.4, -0.2) is 18.4 Å². The second-order valence-electron chi connectivity index (χ2n) is 4.75. The van der Waals surface area contributed by atoms with Crippen molar-refractivity contribution in [2.45, 2.75) is 6.42 Å². The van der Waals surface area contributed by atoms with Crippen molar-refractivity contribution in [2.75, 3.05) is 11.9 Å². The number of amides is 2. The number of halogens is 3. The van der Waals surface area contributed by atoms with Gasteiger partial charge in [0.15, 0.2) is 0 Å². The fourth-order valence-corrected chi connectivity index (χ4v) is 2.65. The summed E-state index contributed by atoms with van der Waals surface area (Å²) >= 11 is 17.5. The number of anilines is 1. The molecule has 23 heavy (non-hydrogen) atoms. The van der Waals surface area contributed by atoms with Crippen LogP contribution in [0.3, 0.4) is 0 Å². The molecule has 2 aromatic carbocycles. The van der Waals surface area contributed by atoms with Crippen LogP contribution in [0.2, 0.25) is 15.1 Å². The smallest absolute Gasteiger partial charge is 0.313 e. The number of hydrogen-bond donors (Lipinski definition) is 2. The average Bonchev–Trinajstić information content (AvgIpc) is 2.46. The number of benzene rings is 2. The molecule has 2 amide bonds. The van der Waals surface area contributed by atoms with Crippen LogP contribution in [-0.2, 0) is 16.0 Å². The van der Waals surface area contributed by atoms with Crippen molar-refractivity contribution in [1.82, 2.24) is 5.32 Å². The van der Waals surface area contributed by atoms with E-state index in [0.29, 0.717) is 33.7 Å². The molecule has 0 saturated heterocycles. The van der Waals surface area contributed by atoms with Crippen LogP contribution < -0.4 is 10.6 Å². The molecule has 0 atom stereocenters. The van der Waals surface area contributed by atoms with E-state index < -0.39 is 11.8 Å². The number of hydrogen-bond acceptors (Lipinski definition) is 2.